The Hall–Kier alpha value is -1.31. The number of thiazole rings is 1. The van der Waals surface area contributed by atoms with Crippen LogP contribution >= 0.6 is 11.3 Å². The molecule has 16 heavy (non-hydrogen) atoms. The van der Waals surface area contributed by atoms with Crippen LogP contribution < -0.4 is 5.32 Å². The molecule has 0 saturated carbocycles. The van der Waals surface area contributed by atoms with Crippen LogP contribution in [-0.2, 0) is 4.74 Å². The fraction of sp³-hybridized carbons (Fsp3) is 0.444. The normalized spacial score (nSPS) is 21.1. The van der Waals surface area contributed by atoms with Crippen LogP contribution in [0.15, 0.2) is 15.4 Å². The highest BCUT2D eigenvalue weighted by Crippen LogP contribution is 2.21. The molecule has 0 radical (unpaired) electrons. The van der Waals surface area contributed by atoms with Crippen LogP contribution in [0.2, 0.25) is 0 Å². The van der Waals surface area contributed by atoms with Crippen molar-refractivity contribution in [2.24, 2.45) is 0 Å². The van der Waals surface area contributed by atoms with Crippen molar-refractivity contribution < 1.29 is 9.26 Å². The predicted octanol–water partition coefficient (Wildman–Crippen LogP) is 0.854. The van der Waals surface area contributed by atoms with Crippen molar-refractivity contribution in [2.75, 3.05) is 19.7 Å². The predicted molar refractivity (Wildman–Crippen MR) is 57.0 cm³/mol. The molecule has 0 amide bonds. The summed E-state index contributed by atoms with van der Waals surface area (Å²) in [6.07, 6.45) is -0.120. The number of morpholine rings is 1. The van der Waals surface area contributed by atoms with Gasteiger partial charge in [-0.1, -0.05) is 5.16 Å². The van der Waals surface area contributed by atoms with Gasteiger partial charge in [0.1, 0.15) is 11.8 Å². The van der Waals surface area contributed by atoms with Gasteiger partial charge in [0.2, 0.25) is 5.82 Å². The average molecular weight is 238 g/mol. The van der Waals surface area contributed by atoms with Gasteiger partial charge in [-0.05, 0) is 0 Å². The van der Waals surface area contributed by atoms with Gasteiger partial charge in [-0.25, -0.2) is 4.98 Å². The maximum Gasteiger partial charge on any atom is 0.277 e. The van der Waals surface area contributed by atoms with E-state index in [2.05, 4.69) is 20.4 Å². The summed E-state index contributed by atoms with van der Waals surface area (Å²) in [5.41, 5.74) is 2.45. The Bertz CT molecular complexity index is 450. The molecule has 1 atom stereocenters. The summed E-state index contributed by atoms with van der Waals surface area (Å²) in [5.74, 6) is 1.03. The minimum absolute atomic E-state index is 0.120. The average Bonchev–Trinajstić information content (AvgIpc) is 3.01. The smallest absolute Gasteiger partial charge is 0.277 e. The van der Waals surface area contributed by atoms with Gasteiger partial charge in [-0.2, -0.15) is 4.98 Å². The van der Waals surface area contributed by atoms with Crippen molar-refractivity contribution in [3.05, 3.63) is 16.7 Å². The Kier molecular flexibility index (Phi) is 2.65. The van der Waals surface area contributed by atoms with Gasteiger partial charge in [0.05, 0.1) is 12.1 Å². The molecule has 1 aliphatic heterocycles. The van der Waals surface area contributed by atoms with Crippen LogP contribution in [0.5, 0.6) is 0 Å². The van der Waals surface area contributed by atoms with Crippen molar-refractivity contribution in [2.45, 2.75) is 6.10 Å². The molecule has 0 aromatic carbocycles. The second-order valence-corrected chi connectivity index (χ2v) is 4.11. The summed E-state index contributed by atoms with van der Waals surface area (Å²) in [6, 6.07) is 0. The highest BCUT2D eigenvalue weighted by molar-refractivity contribution is 7.07. The summed E-state index contributed by atoms with van der Waals surface area (Å²) in [5, 5.41) is 9.00. The second kappa shape index (κ2) is 4.28. The molecule has 3 rings (SSSR count). The lowest BCUT2D eigenvalue weighted by molar-refractivity contribution is 0.0208. The van der Waals surface area contributed by atoms with Crippen LogP contribution in [0, 0.1) is 0 Å². The minimum atomic E-state index is -0.120. The van der Waals surface area contributed by atoms with Gasteiger partial charge in [0.25, 0.3) is 5.89 Å². The van der Waals surface area contributed by atoms with Crippen LogP contribution in [0.4, 0.5) is 0 Å². The Morgan fingerprint density at radius 1 is 1.50 bits per heavy atom. The maximum atomic E-state index is 5.53. The first-order valence-electron chi connectivity index (χ1n) is 4.98. The van der Waals surface area contributed by atoms with Gasteiger partial charge in [0, 0.05) is 18.5 Å². The molecular formula is C9H10N4O2S. The molecule has 6 nitrogen and oxygen atoms in total. The molecule has 0 aliphatic carbocycles. The highest BCUT2D eigenvalue weighted by Gasteiger charge is 2.22. The van der Waals surface area contributed by atoms with E-state index in [4.69, 9.17) is 9.26 Å². The van der Waals surface area contributed by atoms with Crippen molar-refractivity contribution in [3.63, 3.8) is 0 Å². The first-order valence-corrected chi connectivity index (χ1v) is 5.92. The van der Waals surface area contributed by atoms with Crippen molar-refractivity contribution >= 4 is 11.3 Å². The largest absolute Gasteiger partial charge is 0.367 e. The van der Waals surface area contributed by atoms with Crippen molar-refractivity contribution in [1.29, 1.82) is 0 Å². The van der Waals surface area contributed by atoms with Crippen molar-refractivity contribution in [1.82, 2.24) is 20.4 Å². The molecule has 1 fully saturated rings. The lowest BCUT2D eigenvalue weighted by atomic mass is 10.3. The third-order valence-electron chi connectivity index (χ3n) is 2.31. The number of ether oxygens (including phenoxy) is 1. The first kappa shape index (κ1) is 9.88. The SMILES string of the molecule is c1nc(-c2nc(C3CNCCO3)no2)cs1. The quantitative estimate of drug-likeness (QED) is 0.836. The fourth-order valence-electron chi connectivity index (χ4n) is 1.52. The molecule has 1 aliphatic rings. The number of nitrogens with zero attached hydrogens (tertiary/aromatic N) is 3. The van der Waals surface area contributed by atoms with Crippen LogP contribution in [0.3, 0.4) is 0 Å². The summed E-state index contributed by atoms with van der Waals surface area (Å²) >= 11 is 1.50. The van der Waals surface area contributed by atoms with Gasteiger partial charge >= 0.3 is 0 Å². The minimum Gasteiger partial charge on any atom is -0.367 e. The van der Waals surface area contributed by atoms with E-state index in [1.807, 2.05) is 5.38 Å². The van der Waals surface area contributed by atoms with E-state index in [1.54, 1.807) is 5.51 Å². The van der Waals surface area contributed by atoms with E-state index in [0.29, 0.717) is 24.0 Å². The number of nitrogens with one attached hydrogen (secondary N) is 1. The third-order valence-corrected chi connectivity index (χ3v) is 2.90. The van der Waals surface area contributed by atoms with E-state index in [1.165, 1.54) is 11.3 Å². The highest BCUT2D eigenvalue weighted by atomic mass is 32.1. The number of aromatic nitrogens is 3. The number of hydrogen-bond acceptors (Lipinski definition) is 7. The van der Waals surface area contributed by atoms with Crippen LogP contribution in [0.25, 0.3) is 11.6 Å². The summed E-state index contributed by atoms with van der Waals surface area (Å²) < 4.78 is 10.7. The molecule has 1 N–H and O–H groups in total. The topological polar surface area (TPSA) is 73.1 Å². The third kappa shape index (κ3) is 1.84. The molecule has 1 saturated heterocycles. The molecule has 7 heteroatoms. The zero-order valence-electron chi connectivity index (χ0n) is 8.42. The zero-order valence-corrected chi connectivity index (χ0v) is 9.24. The molecule has 3 heterocycles. The van der Waals surface area contributed by atoms with E-state index >= 15 is 0 Å². The van der Waals surface area contributed by atoms with Crippen molar-refractivity contribution in [3.8, 4) is 11.6 Å². The molecular weight excluding hydrogens is 228 g/mol. The Balaban J connectivity index is 1.82. The Labute approximate surface area is 95.7 Å². The second-order valence-electron chi connectivity index (χ2n) is 3.39. The lowest BCUT2D eigenvalue weighted by Gasteiger charge is -2.20. The van der Waals surface area contributed by atoms with Gasteiger partial charge < -0.3 is 14.6 Å². The Morgan fingerprint density at radius 2 is 2.50 bits per heavy atom. The number of hydrogen-bond donors (Lipinski definition) is 1. The summed E-state index contributed by atoms with van der Waals surface area (Å²) in [6.45, 7) is 2.26. The fourth-order valence-corrected chi connectivity index (χ4v) is 2.04. The molecule has 2 aromatic rings. The van der Waals surface area contributed by atoms with Gasteiger partial charge in [-0.3, -0.25) is 0 Å². The first-order chi connectivity index (χ1) is 7.93. The number of rotatable bonds is 2. The zero-order chi connectivity index (χ0) is 10.8. The van der Waals surface area contributed by atoms with Crippen LogP contribution in [0.1, 0.15) is 11.9 Å². The molecule has 0 spiro atoms. The summed E-state index contributed by atoms with van der Waals surface area (Å²) in [7, 11) is 0. The Morgan fingerprint density at radius 3 is 3.25 bits per heavy atom. The van der Waals surface area contributed by atoms with E-state index < -0.39 is 0 Å². The lowest BCUT2D eigenvalue weighted by Crippen LogP contribution is -2.33. The molecule has 2 aromatic heterocycles. The van der Waals surface area contributed by atoms with E-state index in [9.17, 15) is 0 Å². The van der Waals surface area contributed by atoms with Crippen LogP contribution in [-0.4, -0.2) is 34.8 Å². The summed E-state index contributed by atoms with van der Waals surface area (Å²) in [4.78, 5) is 8.39. The standard InChI is InChI=1S/C9H10N4O2S/c1-2-14-7(3-10-1)8-12-9(15-13-8)6-4-16-5-11-6/h4-5,7,10H,1-3H2. The van der Waals surface area contributed by atoms with Gasteiger partial charge in [-0.15, -0.1) is 11.3 Å². The molecule has 0 bridgehead atoms. The molecule has 84 valence electrons. The van der Waals surface area contributed by atoms with E-state index in [0.717, 1.165) is 13.1 Å². The van der Waals surface area contributed by atoms with E-state index in [-0.39, 0.29) is 6.10 Å². The maximum absolute atomic E-state index is 5.53. The van der Waals surface area contributed by atoms with Gasteiger partial charge in [0.15, 0.2) is 0 Å². The molecule has 1 unspecified atom stereocenters. The monoisotopic (exact) mass is 238 g/mol.